The fraction of sp³-hybridized carbons (Fsp3) is 1.00. The molecule has 0 heterocycles. The van der Waals surface area contributed by atoms with Crippen LogP contribution in [0.25, 0.3) is 0 Å². The average Bonchev–Trinajstić information content (AvgIpc) is 1.69. The monoisotopic (exact) mass is 164 g/mol. The van der Waals surface area contributed by atoms with Crippen molar-refractivity contribution in [1.82, 2.24) is 0 Å². The van der Waals surface area contributed by atoms with Crippen LogP contribution in [0.4, 0.5) is 0 Å². The van der Waals surface area contributed by atoms with Gasteiger partial charge in [-0.1, -0.05) is 0 Å². The minimum atomic E-state index is 0.952. The van der Waals surface area contributed by atoms with Crippen LogP contribution < -0.4 is 0 Å². The van der Waals surface area contributed by atoms with Crippen LogP contribution in [0.2, 0.25) is 0 Å². The van der Waals surface area contributed by atoms with Crippen molar-refractivity contribution in [3.63, 3.8) is 0 Å². The number of rotatable bonds is 4. The van der Waals surface area contributed by atoms with Gasteiger partial charge >= 0.3 is 53.7 Å². The third-order valence-corrected chi connectivity index (χ3v) is 1.36. The van der Waals surface area contributed by atoms with Gasteiger partial charge in [0.05, 0.1) is 0 Å². The van der Waals surface area contributed by atoms with E-state index in [4.69, 9.17) is 3.73 Å². The molecule has 0 aromatic carbocycles. The van der Waals surface area contributed by atoms with Crippen molar-refractivity contribution < 1.29 is 3.73 Å². The van der Waals surface area contributed by atoms with Crippen molar-refractivity contribution in [1.29, 1.82) is 0 Å². The van der Waals surface area contributed by atoms with Gasteiger partial charge in [-0.15, -0.1) is 0 Å². The van der Waals surface area contributed by atoms with Crippen LogP contribution in [0.15, 0.2) is 0 Å². The van der Waals surface area contributed by atoms with E-state index in [1.807, 2.05) is 0 Å². The van der Waals surface area contributed by atoms with Crippen molar-refractivity contribution in [2.45, 2.75) is 26.2 Å². The Morgan fingerprint density at radius 3 is 2.57 bits per heavy atom. The maximum atomic E-state index is 4.91. The van der Waals surface area contributed by atoms with Crippen molar-refractivity contribution in [3.05, 3.63) is 0 Å². The first-order valence-corrected chi connectivity index (χ1v) is 3.72. The first-order chi connectivity index (χ1) is 3.41. The Morgan fingerprint density at radius 1 is 1.43 bits per heavy atom. The Bertz CT molecular complexity index is 27.3. The summed E-state index contributed by atoms with van der Waals surface area (Å²) in [6.07, 6.45) is 3.83. The first kappa shape index (κ1) is 7.52. The van der Waals surface area contributed by atoms with E-state index >= 15 is 0 Å². The molecular formula is C5H13AsO. The van der Waals surface area contributed by atoms with Crippen LogP contribution in [0.1, 0.15) is 26.2 Å². The Labute approximate surface area is 54.3 Å². The van der Waals surface area contributed by atoms with E-state index in [0.29, 0.717) is 0 Å². The van der Waals surface area contributed by atoms with Crippen molar-refractivity contribution >= 4 is 17.2 Å². The van der Waals surface area contributed by atoms with Gasteiger partial charge in [0.2, 0.25) is 0 Å². The molecule has 0 bridgehead atoms. The van der Waals surface area contributed by atoms with Gasteiger partial charge in [-0.3, -0.25) is 0 Å². The van der Waals surface area contributed by atoms with Gasteiger partial charge in [0, 0.05) is 0 Å². The third kappa shape index (κ3) is 6.52. The van der Waals surface area contributed by atoms with Crippen LogP contribution >= 0.6 is 0 Å². The molecule has 2 heteroatoms. The number of unbranched alkanes of at least 4 members (excludes halogenated alkanes) is 2. The fourth-order valence-corrected chi connectivity index (χ4v) is 0.785. The van der Waals surface area contributed by atoms with E-state index in [0.717, 1.165) is 6.61 Å². The summed E-state index contributed by atoms with van der Waals surface area (Å²) in [7, 11) is 0. The van der Waals surface area contributed by atoms with Crippen LogP contribution in [0, 0.1) is 0 Å². The van der Waals surface area contributed by atoms with Crippen LogP contribution in [0.3, 0.4) is 0 Å². The Morgan fingerprint density at radius 2 is 2.14 bits per heavy atom. The second kappa shape index (κ2) is 6.52. The first-order valence-electron chi connectivity index (χ1n) is 2.73. The predicted octanol–water partition coefficient (Wildman–Crippen LogP) is 0.741. The number of hydrogen-bond donors (Lipinski definition) is 0. The molecule has 0 fully saturated rings. The molecule has 1 unspecified atom stereocenters. The topological polar surface area (TPSA) is 9.23 Å². The molecular weight excluding hydrogens is 151 g/mol. The van der Waals surface area contributed by atoms with Gasteiger partial charge < -0.3 is 0 Å². The molecule has 0 aliphatic rings. The normalized spacial score (nSPS) is 9.43. The van der Waals surface area contributed by atoms with E-state index in [1.54, 1.807) is 0 Å². The average molecular weight is 164 g/mol. The summed E-state index contributed by atoms with van der Waals surface area (Å²) in [6.45, 7) is 3.15. The molecule has 7 heavy (non-hydrogen) atoms. The molecule has 1 nitrogen and oxygen atoms in total. The summed E-state index contributed by atoms with van der Waals surface area (Å²) in [6, 6.07) is 0. The summed E-state index contributed by atoms with van der Waals surface area (Å²) in [5.74, 6) is 0. The summed E-state index contributed by atoms with van der Waals surface area (Å²) in [5, 5.41) is 0. The van der Waals surface area contributed by atoms with Crippen molar-refractivity contribution in [2.75, 3.05) is 6.61 Å². The third-order valence-electron chi connectivity index (χ3n) is 0.866. The van der Waals surface area contributed by atoms with Gasteiger partial charge in [0.25, 0.3) is 0 Å². The molecule has 0 amide bonds. The van der Waals surface area contributed by atoms with Crippen molar-refractivity contribution in [2.24, 2.45) is 0 Å². The van der Waals surface area contributed by atoms with E-state index in [1.165, 1.54) is 36.5 Å². The summed E-state index contributed by atoms with van der Waals surface area (Å²) >= 11 is 1.37. The Hall–Kier alpha value is 0.518. The molecule has 0 spiro atoms. The zero-order chi connectivity index (χ0) is 5.54. The van der Waals surface area contributed by atoms with E-state index in [-0.39, 0.29) is 0 Å². The van der Waals surface area contributed by atoms with E-state index in [2.05, 4.69) is 6.92 Å². The molecule has 44 valence electrons. The molecule has 0 aliphatic carbocycles. The molecule has 0 rings (SSSR count). The van der Waals surface area contributed by atoms with Gasteiger partial charge in [-0.25, -0.2) is 0 Å². The van der Waals surface area contributed by atoms with Crippen molar-refractivity contribution in [3.8, 4) is 0 Å². The molecule has 0 saturated heterocycles. The second-order valence-electron chi connectivity index (χ2n) is 1.58. The van der Waals surface area contributed by atoms with Gasteiger partial charge in [0.1, 0.15) is 0 Å². The molecule has 0 aromatic heterocycles. The maximum absolute atomic E-state index is 4.91. The second-order valence-corrected chi connectivity index (χ2v) is 2.28. The van der Waals surface area contributed by atoms with Gasteiger partial charge in [-0.05, 0) is 0 Å². The minimum absolute atomic E-state index is 0.952. The summed E-state index contributed by atoms with van der Waals surface area (Å²) < 4.78 is 4.91. The van der Waals surface area contributed by atoms with E-state index < -0.39 is 0 Å². The number of hydrogen-bond acceptors (Lipinski definition) is 1. The SMILES string of the molecule is CCCCCO[AsH2]. The van der Waals surface area contributed by atoms with Crippen LogP contribution in [-0.4, -0.2) is 23.8 Å². The van der Waals surface area contributed by atoms with Gasteiger partial charge in [-0.2, -0.15) is 0 Å². The molecule has 0 saturated carbocycles. The van der Waals surface area contributed by atoms with Crippen LogP contribution in [0.5, 0.6) is 0 Å². The fourth-order valence-electron chi connectivity index (χ4n) is 0.435. The molecule has 1 atom stereocenters. The zero-order valence-electron chi connectivity index (χ0n) is 4.81. The molecule has 0 aromatic rings. The predicted molar refractivity (Wildman–Crippen MR) is 34.0 cm³/mol. The molecule has 0 radical (unpaired) electrons. The Kier molecular flexibility index (Phi) is 7.00. The summed E-state index contributed by atoms with van der Waals surface area (Å²) in [5.41, 5.74) is 0. The standard InChI is InChI=1S/C5H13AsO/c1-2-3-4-5-7-6/h2-6H2,1H3. The summed E-state index contributed by atoms with van der Waals surface area (Å²) in [4.78, 5) is 0. The zero-order valence-corrected chi connectivity index (χ0v) is 7.24. The Balaban J connectivity index is 2.45. The molecule has 0 aliphatic heterocycles. The quantitative estimate of drug-likeness (QED) is 0.440. The van der Waals surface area contributed by atoms with E-state index in [9.17, 15) is 0 Å². The van der Waals surface area contributed by atoms with Gasteiger partial charge in [0.15, 0.2) is 0 Å². The molecule has 0 N–H and O–H groups in total. The van der Waals surface area contributed by atoms with Crippen LogP contribution in [-0.2, 0) is 3.73 Å².